The lowest BCUT2D eigenvalue weighted by atomic mass is 10.0. The highest BCUT2D eigenvalue weighted by Crippen LogP contribution is 2.21. The van der Waals surface area contributed by atoms with Gasteiger partial charge in [0.1, 0.15) is 17.5 Å². The number of rotatable bonds is 12. The van der Waals surface area contributed by atoms with Gasteiger partial charge in [0.05, 0.1) is 18.0 Å². The number of benzene rings is 4. The van der Waals surface area contributed by atoms with E-state index in [9.17, 15) is 14.4 Å². The molecule has 0 aliphatic carbocycles. The van der Waals surface area contributed by atoms with Gasteiger partial charge in [-0.15, -0.1) is 0 Å². The van der Waals surface area contributed by atoms with Crippen molar-refractivity contribution in [3.8, 4) is 11.5 Å². The summed E-state index contributed by atoms with van der Waals surface area (Å²) in [5, 5.41) is 6.11. The molecule has 236 valence electrons. The van der Waals surface area contributed by atoms with Gasteiger partial charge in [0.25, 0.3) is 6.01 Å². The quantitative estimate of drug-likeness (QED) is 0.178. The standard InChI is InChI=1S/C36H36N4O6/c1-4-40(23-26-11-7-5-8-12-26)33(41)31(21-25-15-18-28(44-3)19-16-25)39-35-38-30-20-17-27(24(2)32(30)34(42)46-35)22-37-36(43)45-29-13-9-6-10-14-29/h5-20,31H,4,21-23H2,1-3H3,(H,37,43)(H,38,39). The maximum absolute atomic E-state index is 13.9. The molecule has 0 aliphatic rings. The molecule has 1 atom stereocenters. The highest BCUT2D eigenvalue weighted by molar-refractivity contribution is 5.86. The summed E-state index contributed by atoms with van der Waals surface area (Å²) in [5.41, 5.74) is 3.02. The van der Waals surface area contributed by atoms with Gasteiger partial charge >= 0.3 is 11.7 Å². The molecule has 46 heavy (non-hydrogen) atoms. The lowest BCUT2D eigenvalue weighted by Crippen LogP contribution is -2.44. The molecule has 0 saturated heterocycles. The number of nitrogens with one attached hydrogen (secondary N) is 2. The van der Waals surface area contributed by atoms with Gasteiger partial charge in [0.2, 0.25) is 5.91 Å². The Morgan fingerprint density at radius 1 is 0.891 bits per heavy atom. The van der Waals surface area contributed by atoms with Crippen LogP contribution >= 0.6 is 0 Å². The molecule has 1 unspecified atom stereocenters. The van der Waals surface area contributed by atoms with Crippen molar-refractivity contribution < 1.29 is 23.5 Å². The van der Waals surface area contributed by atoms with Crippen LogP contribution in [0, 0.1) is 6.92 Å². The molecule has 0 fully saturated rings. The molecule has 0 bridgehead atoms. The monoisotopic (exact) mass is 620 g/mol. The summed E-state index contributed by atoms with van der Waals surface area (Å²) in [6.45, 7) is 4.75. The van der Waals surface area contributed by atoms with Crippen molar-refractivity contribution in [2.75, 3.05) is 19.0 Å². The number of hydrogen-bond donors (Lipinski definition) is 2. The van der Waals surface area contributed by atoms with Crippen molar-refractivity contribution >= 4 is 28.9 Å². The van der Waals surface area contributed by atoms with Crippen LogP contribution in [0.2, 0.25) is 0 Å². The minimum atomic E-state index is -0.773. The van der Waals surface area contributed by atoms with Crippen LogP contribution in [0.15, 0.2) is 106 Å². The number of nitrogens with zero attached hydrogens (tertiary/aromatic N) is 2. The lowest BCUT2D eigenvalue weighted by Gasteiger charge is -2.27. The average molecular weight is 621 g/mol. The number of methoxy groups -OCH3 is 1. The zero-order chi connectivity index (χ0) is 32.5. The molecule has 1 aromatic heterocycles. The van der Waals surface area contributed by atoms with E-state index in [1.807, 2.05) is 67.6 Å². The van der Waals surface area contributed by atoms with Gasteiger partial charge < -0.3 is 29.4 Å². The summed E-state index contributed by atoms with van der Waals surface area (Å²) < 4.78 is 16.2. The molecular formula is C36H36N4O6. The largest absolute Gasteiger partial charge is 0.497 e. The Morgan fingerprint density at radius 3 is 2.26 bits per heavy atom. The first-order chi connectivity index (χ1) is 22.3. The highest BCUT2D eigenvalue weighted by atomic mass is 16.6. The Hall–Kier alpha value is -5.64. The second kappa shape index (κ2) is 14.9. The van der Waals surface area contributed by atoms with E-state index in [2.05, 4.69) is 15.6 Å². The Bertz CT molecular complexity index is 1840. The van der Waals surface area contributed by atoms with E-state index in [0.717, 1.165) is 11.1 Å². The number of hydrogen-bond acceptors (Lipinski definition) is 8. The smallest absolute Gasteiger partial charge is 0.412 e. The summed E-state index contributed by atoms with van der Waals surface area (Å²) in [7, 11) is 1.60. The SMILES string of the molecule is CCN(Cc1ccccc1)C(=O)C(Cc1ccc(OC)cc1)Nc1nc2ccc(CNC(=O)Oc3ccccc3)c(C)c2c(=O)o1. The average Bonchev–Trinajstić information content (AvgIpc) is 3.07. The van der Waals surface area contributed by atoms with Crippen LogP contribution < -0.4 is 25.7 Å². The minimum absolute atomic E-state index is 0.0585. The molecule has 0 spiro atoms. The molecule has 4 aromatic carbocycles. The minimum Gasteiger partial charge on any atom is -0.497 e. The van der Waals surface area contributed by atoms with E-state index in [1.165, 1.54) is 0 Å². The lowest BCUT2D eigenvalue weighted by molar-refractivity contribution is -0.132. The van der Waals surface area contributed by atoms with Crippen molar-refractivity contribution in [3.05, 3.63) is 130 Å². The Balaban J connectivity index is 1.37. The number of likely N-dealkylation sites (N-methyl/N-ethyl adjacent to an activating group) is 1. The van der Waals surface area contributed by atoms with Crippen molar-refractivity contribution in [2.24, 2.45) is 0 Å². The Labute approximate surface area is 267 Å². The number of aromatic nitrogens is 1. The molecule has 5 rings (SSSR count). The number of ether oxygens (including phenoxy) is 2. The Kier molecular flexibility index (Phi) is 10.3. The maximum atomic E-state index is 13.9. The zero-order valence-corrected chi connectivity index (χ0v) is 26.0. The summed E-state index contributed by atoms with van der Waals surface area (Å²) in [6, 6.07) is 28.6. The second-order valence-electron chi connectivity index (χ2n) is 10.7. The molecule has 2 N–H and O–H groups in total. The van der Waals surface area contributed by atoms with Gasteiger partial charge in [-0.05, 0) is 66.4 Å². The summed E-state index contributed by atoms with van der Waals surface area (Å²) in [6.07, 6.45) is -0.295. The van der Waals surface area contributed by atoms with Gasteiger partial charge in [-0.1, -0.05) is 66.7 Å². The predicted octanol–water partition coefficient (Wildman–Crippen LogP) is 5.87. The van der Waals surface area contributed by atoms with Crippen LogP contribution in [0.25, 0.3) is 10.9 Å². The van der Waals surface area contributed by atoms with Gasteiger partial charge in [-0.3, -0.25) is 4.79 Å². The topological polar surface area (TPSA) is 123 Å². The number of anilines is 1. The van der Waals surface area contributed by atoms with Crippen LogP contribution in [0.1, 0.15) is 29.2 Å². The van der Waals surface area contributed by atoms with E-state index in [0.29, 0.717) is 53.0 Å². The van der Waals surface area contributed by atoms with E-state index >= 15 is 0 Å². The van der Waals surface area contributed by atoms with E-state index in [4.69, 9.17) is 13.9 Å². The van der Waals surface area contributed by atoms with E-state index < -0.39 is 17.8 Å². The van der Waals surface area contributed by atoms with Gasteiger partial charge in [0.15, 0.2) is 0 Å². The fourth-order valence-corrected chi connectivity index (χ4v) is 5.13. The van der Waals surface area contributed by atoms with Crippen LogP contribution in [-0.2, 0) is 24.3 Å². The molecule has 10 heteroatoms. The zero-order valence-electron chi connectivity index (χ0n) is 26.0. The number of para-hydroxylation sites is 1. The number of fused-ring (bicyclic) bond motifs is 1. The third kappa shape index (κ3) is 7.89. The molecule has 10 nitrogen and oxygen atoms in total. The van der Waals surface area contributed by atoms with E-state index in [1.54, 1.807) is 55.3 Å². The molecule has 5 aromatic rings. The fraction of sp³-hybridized carbons (Fsp3) is 0.222. The molecular weight excluding hydrogens is 584 g/mol. The molecule has 0 saturated carbocycles. The van der Waals surface area contributed by atoms with Crippen LogP contribution in [0.5, 0.6) is 11.5 Å². The first-order valence-corrected chi connectivity index (χ1v) is 15.0. The first kappa shape index (κ1) is 31.8. The maximum Gasteiger partial charge on any atom is 0.412 e. The number of carbonyl (C=O) groups excluding carboxylic acids is 2. The predicted molar refractivity (Wildman–Crippen MR) is 176 cm³/mol. The summed E-state index contributed by atoms with van der Waals surface area (Å²) in [4.78, 5) is 45.9. The molecule has 0 aliphatic heterocycles. The van der Waals surface area contributed by atoms with Crippen molar-refractivity contribution in [1.29, 1.82) is 0 Å². The second-order valence-corrected chi connectivity index (χ2v) is 10.7. The van der Waals surface area contributed by atoms with Crippen LogP contribution in [-0.4, -0.2) is 41.6 Å². The van der Waals surface area contributed by atoms with Gasteiger partial charge in [-0.2, -0.15) is 4.98 Å². The van der Waals surface area contributed by atoms with Crippen molar-refractivity contribution in [3.63, 3.8) is 0 Å². The number of carbonyl (C=O) groups is 2. The van der Waals surface area contributed by atoms with Crippen molar-refractivity contribution in [1.82, 2.24) is 15.2 Å². The number of aryl methyl sites for hydroxylation is 1. The van der Waals surface area contributed by atoms with Crippen LogP contribution in [0.3, 0.4) is 0 Å². The first-order valence-electron chi connectivity index (χ1n) is 15.0. The summed E-state index contributed by atoms with van der Waals surface area (Å²) in [5.74, 6) is 0.969. The molecule has 1 heterocycles. The summed E-state index contributed by atoms with van der Waals surface area (Å²) >= 11 is 0. The van der Waals surface area contributed by atoms with Crippen LogP contribution in [0.4, 0.5) is 10.8 Å². The van der Waals surface area contributed by atoms with Crippen molar-refractivity contribution in [2.45, 2.75) is 39.4 Å². The highest BCUT2D eigenvalue weighted by Gasteiger charge is 2.26. The fourth-order valence-electron chi connectivity index (χ4n) is 5.13. The number of amides is 2. The molecule has 0 radical (unpaired) electrons. The molecule has 2 amide bonds. The normalized spacial score (nSPS) is 11.5. The van der Waals surface area contributed by atoms with E-state index in [-0.39, 0.29) is 18.5 Å². The third-order valence-corrected chi connectivity index (χ3v) is 7.65. The van der Waals surface area contributed by atoms with Gasteiger partial charge in [-0.25, -0.2) is 9.59 Å². The Morgan fingerprint density at radius 2 is 1.59 bits per heavy atom. The third-order valence-electron chi connectivity index (χ3n) is 7.65. The van der Waals surface area contributed by atoms with Gasteiger partial charge in [0, 0.05) is 26.1 Å².